The summed E-state index contributed by atoms with van der Waals surface area (Å²) < 4.78 is 26.5. The second-order valence-corrected chi connectivity index (χ2v) is 5.98. The fourth-order valence-corrected chi connectivity index (χ4v) is 3.28. The van der Waals surface area contributed by atoms with Gasteiger partial charge in [0.05, 0.1) is 30.6 Å². The highest BCUT2D eigenvalue weighted by Crippen LogP contribution is 2.30. The molecule has 6 nitrogen and oxygen atoms in total. The maximum Gasteiger partial charge on any atom is 0.123 e. The van der Waals surface area contributed by atoms with Crippen LogP contribution in [0, 0.1) is 5.82 Å². The van der Waals surface area contributed by atoms with Crippen molar-refractivity contribution in [2.24, 2.45) is 0 Å². The smallest absolute Gasteiger partial charge is 0.123 e. The molecule has 0 bridgehead atoms. The number of rotatable bonds is 4. The van der Waals surface area contributed by atoms with Gasteiger partial charge < -0.3 is 9.47 Å². The number of aromatic nitrogens is 3. The monoisotopic (exact) mass is 318 g/mol. The molecule has 0 aliphatic carbocycles. The summed E-state index contributed by atoms with van der Waals surface area (Å²) in [5, 5.41) is 8.16. The molecule has 1 aromatic heterocycles. The molecule has 0 spiro atoms. The van der Waals surface area contributed by atoms with Gasteiger partial charge in [0.15, 0.2) is 0 Å². The molecule has 122 valence electrons. The van der Waals surface area contributed by atoms with Gasteiger partial charge in [-0.05, 0) is 30.7 Å². The first kappa shape index (κ1) is 14.6. The Morgan fingerprint density at radius 3 is 3.04 bits per heavy atom. The largest absolute Gasteiger partial charge is 0.492 e. The van der Waals surface area contributed by atoms with Crippen LogP contribution in [0.1, 0.15) is 18.2 Å². The highest BCUT2D eigenvalue weighted by Gasteiger charge is 2.36. The molecule has 23 heavy (non-hydrogen) atoms. The molecule has 0 saturated carbocycles. The molecule has 7 heteroatoms. The Labute approximate surface area is 133 Å². The highest BCUT2D eigenvalue weighted by molar-refractivity contribution is 5.22. The van der Waals surface area contributed by atoms with E-state index in [4.69, 9.17) is 9.47 Å². The van der Waals surface area contributed by atoms with E-state index in [1.807, 2.05) is 4.68 Å². The van der Waals surface area contributed by atoms with Gasteiger partial charge in [-0.2, -0.15) is 0 Å². The zero-order valence-electron chi connectivity index (χ0n) is 12.8. The minimum atomic E-state index is -0.249. The van der Waals surface area contributed by atoms with Crippen LogP contribution in [0.2, 0.25) is 0 Å². The Balaban J connectivity index is 1.29. The molecule has 0 amide bonds. The van der Waals surface area contributed by atoms with Crippen molar-refractivity contribution in [2.45, 2.75) is 25.2 Å². The fraction of sp³-hybridized carbons (Fsp3) is 0.500. The van der Waals surface area contributed by atoms with Crippen molar-refractivity contribution in [3.05, 3.63) is 42.0 Å². The van der Waals surface area contributed by atoms with Crippen LogP contribution in [-0.2, 0) is 11.3 Å². The Morgan fingerprint density at radius 1 is 1.30 bits per heavy atom. The van der Waals surface area contributed by atoms with Gasteiger partial charge in [-0.1, -0.05) is 5.21 Å². The summed E-state index contributed by atoms with van der Waals surface area (Å²) in [6.07, 6.45) is 2.93. The maximum absolute atomic E-state index is 12.9. The molecular weight excluding hydrogens is 299 g/mol. The molecule has 3 heterocycles. The van der Waals surface area contributed by atoms with E-state index >= 15 is 0 Å². The van der Waals surface area contributed by atoms with Crippen molar-refractivity contribution in [1.29, 1.82) is 0 Å². The van der Waals surface area contributed by atoms with Crippen molar-refractivity contribution in [3.8, 4) is 5.75 Å². The van der Waals surface area contributed by atoms with Crippen molar-refractivity contribution < 1.29 is 13.9 Å². The van der Waals surface area contributed by atoms with Crippen molar-refractivity contribution in [3.63, 3.8) is 0 Å². The molecule has 4 rings (SSSR count). The second kappa shape index (κ2) is 6.25. The first-order valence-corrected chi connectivity index (χ1v) is 7.91. The lowest BCUT2D eigenvalue weighted by Gasteiger charge is -2.40. The lowest BCUT2D eigenvalue weighted by atomic mass is 10.0. The molecule has 2 atom stereocenters. The minimum Gasteiger partial charge on any atom is -0.492 e. The number of hydrogen-bond donors (Lipinski definition) is 0. The third kappa shape index (κ3) is 3.07. The van der Waals surface area contributed by atoms with Gasteiger partial charge in [0.1, 0.15) is 18.2 Å². The van der Waals surface area contributed by atoms with Crippen LogP contribution in [-0.4, -0.2) is 52.2 Å². The molecule has 1 saturated heterocycles. The van der Waals surface area contributed by atoms with Crippen molar-refractivity contribution in [1.82, 2.24) is 19.9 Å². The molecule has 0 radical (unpaired) electrons. The van der Waals surface area contributed by atoms with E-state index in [1.54, 1.807) is 18.3 Å². The van der Waals surface area contributed by atoms with E-state index < -0.39 is 0 Å². The highest BCUT2D eigenvalue weighted by atomic mass is 19.1. The molecule has 1 fully saturated rings. The lowest BCUT2D eigenvalue weighted by molar-refractivity contribution is -0.0700. The summed E-state index contributed by atoms with van der Waals surface area (Å²) in [5.41, 5.74) is 1.05. The average molecular weight is 318 g/mol. The fourth-order valence-electron chi connectivity index (χ4n) is 3.28. The Kier molecular flexibility index (Phi) is 3.97. The molecule has 2 aromatic rings. The SMILES string of the molecule is Fc1ccc(OCCN2CC[C@H]3[C@H](C2)OCc2cnnn23)cc1. The molecule has 0 N–H and O–H groups in total. The quantitative estimate of drug-likeness (QED) is 0.858. The number of ether oxygens (including phenoxy) is 2. The van der Waals surface area contributed by atoms with Gasteiger partial charge in [-0.25, -0.2) is 9.07 Å². The minimum absolute atomic E-state index is 0.156. The van der Waals surface area contributed by atoms with Crippen LogP contribution in [0.15, 0.2) is 30.5 Å². The summed E-state index contributed by atoms with van der Waals surface area (Å²) in [4.78, 5) is 2.34. The van der Waals surface area contributed by atoms with Crippen LogP contribution in [0.5, 0.6) is 5.75 Å². The van der Waals surface area contributed by atoms with Crippen LogP contribution in [0.4, 0.5) is 4.39 Å². The van der Waals surface area contributed by atoms with Gasteiger partial charge in [0.2, 0.25) is 0 Å². The van der Waals surface area contributed by atoms with Crippen molar-refractivity contribution >= 4 is 0 Å². The number of nitrogens with zero attached hydrogens (tertiary/aromatic N) is 4. The van der Waals surface area contributed by atoms with E-state index in [-0.39, 0.29) is 18.0 Å². The number of benzene rings is 1. The maximum atomic E-state index is 12.9. The Morgan fingerprint density at radius 2 is 2.17 bits per heavy atom. The zero-order chi connectivity index (χ0) is 15.6. The van der Waals surface area contributed by atoms with Gasteiger partial charge >= 0.3 is 0 Å². The number of fused-ring (bicyclic) bond motifs is 3. The van der Waals surface area contributed by atoms with Gasteiger partial charge in [0.25, 0.3) is 0 Å². The third-order valence-corrected chi connectivity index (χ3v) is 4.51. The summed E-state index contributed by atoms with van der Waals surface area (Å²) in [6.45, 7) is 3.84. The van der Waals surface area contributed by atoms with E-state index in [9.17, 15) is 4.39 Å². The van der Waals surface area contributed by atoms with Gasteiger partial charge in [-0.3, -0.25) is 4.90 Å². The third-order valence-electron chi connectivity index (χ3n) is 4.51. The Hall–Kier alpha value is -1.99. The summed E-state index contributed by atoms with van der Waals surface area (Å²) in [7, 11) is 0. The zero-order valence-corrected chi connectivity index (χ0v) is 12.8. The van der Waals surface area contributed by atoms with Crippen LogP contribution in [0.25, 0.3) is 0 Å². The standard InChI is InChI=1S/C16H19FN4O2/c17-12-1-3-14(4-2-12)22-8-7-20-6-5-15-16(10-20)23-11-13-9-18-19-21(13)15/h1-4,9,15-16H,5-8,10-11H2/t15-,16-/m0/s1. The van der Waals surface area contributed by atoms with E-state index in [1.165, 1.54) is 12.1 Å². The van der Waals surface area contributed by atoms with Gasteiger partial charge in [0, 0.05) is 19.6 Å². The van der Waals surface area contributed by atoms with E-state index in [2.05, 4.69) is 15.2 Å². The number of halogens is 1. The first-order chi connectivity index (χ1) is 11.3. The van der Waals surface area contributed by atoms with Crippen molar-refractivity contribution in [2.75, 3.05) is 26.2 Å². The summed E-state index contributed by atoms with van der Waals surface area (Å²) in [6, 6.07) is 6.41. The number of hydrogen-bond acceptors (Lipinski definition) is 5. The normalized spacial score (nSPS) is 24.0. The number of likely N-dealkylation sites (tertiary alicyclic amines) is 1. The number of piperidine rings is 1. The van der Waals surface area contributed by atoms with Gasteiger partial charge in [-0.15, -0.1) is 5.10 Å². The van der Waals surface area contributed by atoms with E-state index in [0.717, 1.165) is 31.7 Å². The summed E-state index contributed by atoms with van der Waals surface area (Å²) >= 11 is 0. The molecule has 0 unspecified atom stereocenters. The second-order valence-electron chi connectivity index (χ2n) is 5.98. The molecular formula is C16H19FN4O2. The Bertz CT molecular complexity index is 660. The van der Waals surface area contributed by atoms with Crippen LogP contribution in [0.3, 0.4) is 0 Å². The lowest BCUT2D eigenvalue weighted by Crippen LogP contribution is -2.49. The average Bonchev–Trinajstić information content (AvgIpc) is 3.05. The topological polar surface area (TPSA) is 52.4 Å². The van der Waals surface area contributed by atoms with Crippen LogP contribution >= 0.6 is 0 Å². The first-order valence-electron chi connectivity index (χ1n) is 7.91. The predicted molar refractivity (Wildman–Crippen MR) is 80.6 cm³/mol. The van der Waals surface area contributed by atoms with Crippen LogP contribution < -0.4 is 4.74 Å². The summed E-state index contributed by atoms with van der Waals surface area (Å²) in [5.74, 6) is 0.448. The predicted octanol–water partition coefficient (Wildman–Crippen LogP) is 1.64. The van der Waals surface area contributed by atoms with E-state index in [0.29, 0.717) is 19.0 Å². The molecule has 2 aliphatic rings. The molecule has 1 aromatic carbocycles. The molecule has 2 aliphatic heterocycles.